The summed E-state index contributed by atoms with van der Waals surface area (Å²) >= 11 is 0. The van der Waals surface area contributed by atoms with Crippen LogP contribution in [0.1, 0.15) is 25.5 Å². The Balaban J connectivity index is 2.87. The van der Waals surface area contributed by atoms with Gasteiger partial charge in [0.1, 0.15) is 11.6 Å². The number of halogens is 1. The number of carbonyl (C=O) groups is 2. The minimum absolute atomic E-state index is 0.156. The number of rotatable bonds is 4. The fourth-order valence-electron chi connectivity index (χ4n) is 1.42. The van der Waals surface area contributed by atoms with Crippen LogP contribution in [0.15, 0.2) is 18.2 Å². The quantitative estimate of drug-likeness (QED) is 0.754. The van der Waals surface area contributed by atoms with Crippen molar-refractivity contribution in [3.8, 4) is 5.75 Å². The lowest BCUT2D eigenvalue weighted by Crippen LogP contribution is -2.42. The van der Waals surface area contributed by atoms with Crippen molar-refractivity contribution in [1.82, 2.24) is 5.32 Å². The second kappa shape index (κ2) is 6.14. The molecule has 1 aromatic carbocycles. The summed E-state index contributed by atoms with van der Waals surface area (Å²) in [5.74, 6) is -1.10. The molecule has 0 spiro atoms. The number of hydrogen-bond acceptors (Lipinski definition) is 4. The molecule has 0 saturated carbocycles. The summed E-state index contributed by atoms with van der Waals surface area (Å²) in [7, 11) is 0. The number of urea groups is 1. The van der Waals surface area contributed by atoms with E-state index in [-0.39, 0.29) is 11.3 Å². The lowest BCUT2D eigenvalue weighted by atomic mass is 10.1. The van der Waals surface area contributed by atoms with Crippen molar-refractivity contribution in [2.24, 2.45) is 5.73 Å². The third-order valence-corrected chi connectivity index (χ3v) is 2.34. The highest BCUT2D eigenvalue weighted by Crippen LogP contribution is 2.26. The Bertz CT molecular complexity index is 491. The summed E-state index contributed by atoms with van der Waals surface area (Å²) in [6.45, 7) is 2.84. The molecule has 0 fully saturated rings. The molecule has 0 saturated heterocycles. The van der Waals surface area contributed by atoms with Crippen LogP contribution in [-0.4, -0.2) is 23.1 Å². The lowest BCUT2D eigenvalue weighted by molar-refractivity contribution is -0.126. The number of ether oxygens (including phenoxy) is 1. The highest BCUT2D eigenvalue weighted by atomic mass is 19.1. The van der Waals surface area contributed by atoms with Crippen LogP contribution in [0, 0.1) is 5.82 Å². The van der Waals surface area contributed by atoms with Gasteiger partial charge in [0, 0.05) is 5.56 Å². The van der Waals surface area contributed by atoms with Gasteiger partial charge in [-0.2, -0.15) is 0 Å². The average molecular weight is 270 g/mol. The zero-order chi connectivity index (χ0) is 14.6. The van der Waals surface area contributed by atoms with Crippen LogP contribution in [0.25, 0.3) is 0 Å². The van der Waals surface area contributed by atoms with Crippen molar-refractivity contribution < 1.29 is 23.8 Å². The van der Waals surface area contributed by atoms with E-state index in [4.69, 9.17) is 10.5 Å². The molecule has 0 aliphatic rings. The van der Waals surface area contributed by atoms with Crippen molar-refractivity contribution >= 4 is 11.9 Å². The van der Waals surface area contributed by atoms with Gasteiger partial charge >= 0.3 is 6.03 Å². The zero-order valence-electron chi connectivity index (χ0n) is 10.5. The molecular formula is C12H15FN2O4. The maximum atomic E-state index is 13.1. The standard InChI is InChI=1S/C12H15FN2O4/c1-6(16)9-5-8(13)3-4-10(9)19-7(2)11(17)15-12(14)18/h3-7,16H,1-2H3,(H3,14,15,17,18)/t6-,7?/m0/s1. The maximum absolute atomic E-state index is 13.1. The van der Waals surface area contributed by atoms with Crippen LogP contribution < -0.4 is 15.8 Å². The van der Waals surface area contributed by atoms with E-state index in [1.807, 2.05) is 5.32 Å². The Kier molecular flexibility index (Phi) is 4.82. The lowest BCUT2D eigenvalue weighted by Gasteiger charge is -2.17. The van der Waals surface area contributed by atoms with Crippen molar-refractivity contribution in [2.75, 3.05) is 0 Å². The van der Waals surface area contributed by atoms with Gasteiger partial charge in [0.2, 0.25) is 0 Å². The normalized spacial score (nSPS) is 13.5. The van der Waals surface area contributed by atoms with Gasteiger partial charge in [-0.3, -0.25) is 10.1 Å². The van der Waals surface area contributed by atoms with Gasteiger partial charge in [-0.05, 0) is 32.0 Å². The molecule has 0 aliphatic heterocycles. The van der Waals surface area contributed by atoms with Crippen molar-refractivity contribution in [2.45, 2.75) is 26.1 Å². The van der Waals surface area contributed by atoms with E-state index in [1.54, 1.807) is 0 Å². The predicted octanol–water partition coefficient (Wildman–Crippen LogP) is 0.841. The Morgan fingerprint density at radius 1 is 1.42 bits per heavy atom. The van der Waals surface area contributed by atoms with Gasteiger partial charge < -0.3 is 15.6 Å². The van der Waals surface area contributed by atoms with Gasteiger partial charge in [-0.15, -0.1) is 0 Å². The molecule has 4 N–H and O–H groups in total. The fraction of sp³-hybridized carbons (Fsp3) is 0.333. The molecule has 6 nitrogen and oxygen atoms in total. The summed E-state index contributed by atoms with van der Waals surface area (Å²) in [4.78, 5) is 22.0. The Labute approximate surface area is 109 Å². The average Bonchev–Trinajstić information content (AvgIpc) is 2.30. The van der Waals surface area contributed by atoms with Crippen molar-refractivity contribution in [3.05, 3.63) is 29.6 Å². The first-order chi connectivity index (χ1) is 8.81. The molecular weight excluding hydrogens is 255 g/mol. The minimum Gasteiger partial charge on any atom is -0.480 e. The first-order valence-electron chi connectivity index (χ1n) is 5.55. The highest BCUT2D eigenvalue weighted by Gasteiger charge is 2.19. The van der Waals surface area contributed by atoms with Gasteiger partial charge in [0.05, 0.1) is 6.10 Å². The second-order valence-corrected chi connectivity index (χ2v) is 3.97. The number of aliphatic hydroxyl groups excluding tert-OH is 1. The molecule has 0 bridgehead atoms. The molecule has 2 atom stereocenters. The molecule has 7 heteroatoms. The van der Waals surface area contributed by atoms with Gasteiger partial charge in [0.15, 0.2) is 6.10 Å². The van der Waals surface area contributed by atoms with Crippen LogP contribution in [0.5, 0.6) is 5.75 Å². The first-order valence-corrected chi connectivity index (χ1v) is 5.55. The van der Waals surface area contributed by atoms with Gasteiger partial charge in [-0.25, -0.2) is 9.18 Å². The van der Waals surface area contributed by atoms with Crippen molar-refractivity contribution in [3.63, 3.8) is 0 Å². The van der Waals surface area contributed by atoms with Crippen LogP contribution >= 0.6 is 0 Å². The third-order valence-electron chi connectivity index (χ3n) is 2.34. The summed E-state index contributed by atoms with van der Waals surface area (Å²) in [6, 6.07) is 2.56. The smallest absolute Gasteiger partial charge is 0.318 e. The summed E-state index contributed by atoms with van der Waals surface area (Å²) < 4.78 is 18.3. The summed E-state index contributed by atoms with van der Waals surface area (Å²) in [6.07, 6.45) is -1.98. The van der Waals surface area contributed by atoms with E-state index in [9.17, 15) is 19.1 Å². The van der Waals surface area contributed by atoms with E-state index < -0.39 is 30.0 Å². The molecule has 0 heterocycles. The number of carbonyl (C=O) groups excluding carboxylic acids is 2. The largest absolute Gasteiger partial charge is 0.480 e. The summed E-state index contributed by atoms with van der Waals surface area (Å²) in [5.41, 5.74) is 5.01. The number of aliphatic hydroxyl groups is 1. The fourth-order valence-corrected chi connectivity index (χ4v) is 1.42. The number of hydrogen-bond donors (Lipinski definition) is 3. The van der Waals surface area contributed by atoms with Crippen LogP contribution in [0.2, 0.25) is 0 Å². The minimum atomic E-state index is -1.02. The molecule has 19 heavy (non-hydrogen) atoms. The number of primary amides is 1. The van der Waals surface area contributed by atoms with E-state index in [0.717, 1.165) is 12.1 Å². The van der Waals surface area contributed by atoms with E-state index in [0.29, 0.717) is 0 Å². The Morgan fingerprint density at radius 2 is 2.05 bits per heavy atom. The number of nitrogens with two attached hydrogens (primary N) is 1. The molecule has 0 radical (unpaired) electrons. The number of amides is 3. The molecule has 3 amide bonds. The molecule has 1 rings (SSSR count). The van der Waals surface area contributed by atoms with Crippen LogP contribution in [-0.2, 0) is 4.79 Å². The van der Waals surface area contributed by atoms with E-state index >= 15 is 0 Å². The topological polar surface area (TPSA) is 102 Å². The van der Waals surface area contributed by atoms with E-state index in [2.05, 4.69) is 0 Å². The zero-order valence-corrected chi connectivity index (χ0v) is 10.5. The molecule has 1 aromatic rings. The summed E-state index contributed by atoms with van der Waals surface area (Å²) in [5, 5.41) is 11.4. The number of imide groups is 1. The molecule has 0 aromatic heterocycles. The van der Waals surface area contributed by atoms with Gasteiger partial charge in [-0.1, -0.05) is 0 Å². The highest BCUT2D eigenvalue weighted by molar-refractivity contribution is 5.95. The predicted molar refractivity (Wildman–Crippen MR) is 64.8 cm³/mol. The SMILES string of the molecule is CC(Oc1ccc(F)cc1[C@H](C)O)C(=O)NC(N)=O. The molecule has 1 unspecified atom stereocenters. The van der Waals surface area contributed by atoms with Crippen LogP contribution in [0.4, 0.5) is 9.18 Å². The van der Waals surface area contributed by atoms with Crippen LogP contribution in [0.3, 0.4) is 0 Å². The molecule has 104 valence electrons. The number of nitrogens with one attached hydrogen (secondary N) is 1. The third kappa shape index (κ3) is 4.22. The second-order valence-electron chi connectivity index (χ2n) is 3.97. The number of benzene rings is 1. The van der Waals surface area contributed by atoms with Crippen molar-refractivity contribution in [1.29, 1.82) is 0 Å². The first kappa shape index (κ1) is 14.9. The monoisotopic (exact) mass is 270 g/mol. The maximum Gasteiger partial charge on any atom is 0.318 e. The Hall–Kier alpha value is -2.15. The van der Waals surface area contributed by atoms with E-state index in [1.165, 1.54) is 19.9 Å². The van der Waals surface area contributed by atoms with Gasteiger partial charge in [0.25, 0.3) is 5.91 Å². The molecule has 0 aliphatic carbocycles. The Morgan fingerprint density at radius 3 is 2.58 bits per heavy atom.